The second-order valence-electron chi connectivity index (χ2n) is 9.61. The number of nitrogens with one attached hydrogen (secondary N) is 6. The van der Waals surface area contributed by atoms with Crippen LogP contribution < -0.4 is 43.4 Å². The molecule has 0 aromatic rings. The van der Waals surface area contributed by atoms with Gasteiger partial charge in [0.15, 0.2) is 0 Å². The second-order valence-corrected chi connectivity index (χ2v) is 9.61. The van der Waals surface area contributed by atoms with Crippen LogP contribution >= 0.6 is 0 Å². The number of aliphatic carboxylic acids is 1. The van der Waals surface area contributed by atoms with Gasteiger partial charge >= 0.3 is 5.97 Å². The predicted molar refractivity (Wildman–Crippen MR) is 144 cm³/mol. The maximum atomic E-state index is 12.5. The number of amides is 6. The van der Waals surface area contributed by atoms with Crippen LogP contribution in [0.3, 0.4) is 0 Å². The smallest absolute Gasteiger partial charge is 0.325 e. The summed E-state index contributed by atoms with van der Waals surface area (Å²) in [7, 11) is 0. The Labute approximate surface area is 233 Å². The van der Waals surface area contributed by atoms with Gasteiger partial charge in [0.1, 0.15) is 36.3 Å². The van der Waals surface area contributed by atoms with Crippen molar-refractivity contribution in [1.82, 2.24) is 31.9 Å². The zero-order valence-electron chi connectivity index (χ0n) is 23.8. The number of carbonyl (C=O) groups excluding carboxylic acids is 6. The molecule has 0 unspecified atom stereocenters. The first-order chi connectivity index (χ1) is 18.5. The van der Waals surface area contributed by atoms with Crippen LogP contribution in [-0.4, -0.2) is 95.4 Å². The van der Waals surface area contributed by atoms with Crippen LogP contribution in [0.25, 0.3) is 0 Å². The Morgan fingerprint density at radius 3 is 1.07 bits per heavy atom. The molecule has 0 fully saturated rings. The summed E-state index contributed by atoms with van der Waals surface area (Å²) < 4.78 is 0. The Hall–Kier alpha value is -3.79. The third-order valence-corrected chi connectivity index (χ3v) is 5.80. The molecule has 0 heterocycles. The van der Waals surface area contributed by atoms with E-state index in [2.05, 4.69) is 31.9 Å². The number of carboxylic acids is 1. The summed E-state index contributed by atoms with van der Waals surface area (Å²) in [6, 6.07) is -7.25. The number of carbonyl (C=O) groups is 7. The van der Waals surface area contributed by atoms with Crippen molar-refractivity contribution in [2.75, 3.05) is 6.54 Å². The molecule has 0 saturated carbocycles. The Balaban J connectivity index is 4.70. The zero-order valence-corrected chi connectivity index (χ0v) is 23.8. The number of hydrogen-bond donors (Lipinski definition) is 9. The molecule has 40 heavy (non-hydrogen) atoms. The van der Waals surface area contributed by atoms with E-state index in [1.54, 1.807) is 0 Å². The number of unbranched alkanes of at least 4 members (excludes halogenated alkanes) is 1. The third kappa shape index (κ3) is 13.3. The maximum Gasteiger partial charge on any atom is 0.325 e. The Morgan fingerprint density at radius 2 is 0.800 bits per heavy atom. The van der Waals surface area contributed by atoms with E-state index >= 15 is 0 Å². The fourth-order valence-corrected chi connectivity index (χ4v) is 3.04. The van der Waals surface area contributed by atoms with Crippen molar-refractivity contribution >= 4 is 41.4 Å². The lowest BCUT2D eigenvalue weighted by atomic mass is 10.1. The first-order valence-corrected chi connectivity index (χ1v) is 13.0. The van der Waals surface area contributed by atoms with Crippen molar-refractivity contribution in [2.24, 2.45) is 11.5 Å². The summed E-state index contributed by atoms with van der Waals surface area (Å²) in [5.41, 5.74) is 11.2. The first kappa shape index (κ1) is 36.2. The Kier molecular flexibility index (Phi) is 16.0. The van der Waals surface area contributed by atoms with Gasteiger partial charge in [-0.25, -0.2) is 0 Å². The maximum absolute atomic E-state index is 12.5. The molecule has 16 heteroatoms. The Bertz CT molecular complexity index is 931. The molecule has 6 amide bonds. The van der Waals surface area contributed by atoms with Gasteiger partial charge in [-0.15, -0.1) is 0 Å². The summed E-state index contributed by atoms with van der Waals surface area (Å²) in [6.07, 6.45) is 1.80. The van der Waals surface area contributed by atoms with Crippen LogP contribution in [0.2, 0.25) is 0 Å². The highest BCUT2D eigenvalue weighted by Gasteiger charge is 2.27. The van der Waals surface area contributed by atoms with E-state index in [9.17, 15) is 33.6 Å². The Morgan fingerprint density at radius 1 is 0.525 bits per heavy atom. The number of carboxylic acid groups (broad SMARTS) is 1. The van der Waals surface area contributed by atoms with Crippen molar-refractivity contribution in [3.05, 3.63) is 0 Å². The zero-order chi connectivity index (χ0) is 31.2. The van der Waals surface area contributed by atoms with Gasteiger partial charge in [0, 0.05) is 0 Å². The van der Waals surface area contributed by atoms with Crippen LogP contribution in [0.4, 0.5) is 0 Å². The SMILES string of the molecule is C[C@H](NC(=O)[C@H](C)NC(=O)[C@H](C)NC(=O)[C@H](C)NC(=O)[C@H](C)NC(=O)[C@H](C)NC(=O)[C@@H](N)CCCCN)C(=O)O. The number of rotatable bonds is 17. The minimum atomic E-state index is -1.24. The molecule has 0 aliphatic carbocycles. The van der Waals surface area contributed by atoms with Gasteiger partial charge in [-0.3, -0.25) is 33.6 Å². The molecule has 7 atom stereocenters. The molecule has 0 aromatic carbocycles. The molecule has 0 bridgehead atoms. The van der Waals surface area contributed by atoms with Gasteiger partial charge in [-0.1, -0.05) is 6.42 Å². The molecule has 0 rings (SSSR count). The van der Waals surface area contributed by atoms with Crippen LogP contribution in [0.5, 0.6) is 0 Å². The normalized spacial score (nSPS) is 16.0. The molecule has 0 radical (unpaired) electrons. The van der Waals surface area contributed by atoms with Crippen molar-refractivity contribution in [2.45, 2.75) is 103 Å². The lowest BCUT2D eigenvalue weighted by Crippen LogP contribution is -2.57. The molecule has 228 valence electrons. The van der Waals surface area contributed by atoms with Crippen LogP contribution in [0.15, 0.2) is 0 Å². The highest BCUT2D eigenvalue weighted by molar-refractivity contribution is 5.96. The van der Waals surface area contributed by atoms with Crippen LogP contribution in [-0.2, 0) is 33.6 Å². The molecule has 0 spiro atoms. The standard InChI is InChI=1S/C24H44N8O8/c1-11(18(33)28-12(2)20(35)30-14(4)22(37)32-16(6)24(39)40)27-19(34)13(3)29-21(36)15(5)31-23(38)17(26)9-7-8-10-25/h11-17H,7-10,25-26H2,1-6H3,(H,27,34)(H,28,33)(H,29,36)(H,30,35)(H,31,38)(H,32,37)(H,39,40)/t11-,12-,13-,14-,15-,16-,17-/m0/s1. The molecule has 0 saturated heterocycles. The van der Waals surface area contributed by atoms with E-state index < -0.39 is 83.7 Å². The van der Waals surface area contributed by atoms with Gasteiger partial charge in [0.25, 0.3) is 0 Å². The van der Waals surface area contributed by atoms with E-state index in [4.69, 9.17) is 16.6 Å². The average molecular weight is 573 g/mol. The fourth-order valence-electron chi connectivity index (χ4n) is 3.04. The van der Waals surface area contributed by atoms with E-state index in [1.165, 1.54) is 41.5 Å². The van der Waals surface area contributed by atoms with E-state index in [0.717, 1.165) is 6.42 Å². The van der Waals surface area contributed by atoms with E-state index in [-0.39, 0.29) is 0 Å². The second kappa shape index (κ2) is 17.7. The molecule has 16 nitrogen and oxygen atoms in total. The van der Waals surface area contributed by atoms with Crippen molar-refractivity contribution < 1.29 is 38.7 Å². The predicted octanol–water partition coefficient (Wildman–Crippen LogP) is -3.44. The summed E-state index contributed by atoms with van der Waals surface area (Å²) >= 11 is 0. The number of hydrogen-bond acceptors (Lipinski definition) is 9. The molecular formula is C24H44N8O8. The monoisotopic (exact) mass is 572 g/mol. The molecular weight excluding hydrogens is 528 g/mol. The minimum absolute atomic E-state index is 0.414. The first-order valence-electron chi connectivity index (χ1n) is 13.0. The average Bonchev–Trinajstić information content (AvgIpc) is 2.87. The minimum Gasteiger partial charge on any atom is -0.480 e. The summed E-state index contributed by atoms with van der Waals surface area (Å²) in [4.78, 5) is 84.7. The van der Waals surface area contributed by atoms with E-state index in [1.807, 2.05) is 0 Å². The highest BCUT2D eigenvalue weighted by atomic mass is 16.4. The van der Waals surface area contributed by atoms with Crippen LogP contribution in [0.1, 0.15) is 60.8 Å². The van der Waals surface area contributed by atoms with Gasteiger partial charge in [-0.2, -0.15) is 0 Å². The van der Waals surface area contributed by atoms with Crippen LogP contribution in [0, 0.1) is 0 Å². The quantitative estimate of drug-likeness (QED) is 0.0778. The molecule has 0 aromatic heterocycles. The lowest BCUT2D eigenvalue weighted by molar-refractivity contribution is -0.141. The molecule has 11 N–H and O–H groups in total. The fraction of sp³-hybridized carbons (Fsp3) is 0.708. The molecule has 0 aliphatic rings. The van der Waals surface area contributed by atoms with Crippen molar-refractivity contribution in [3.63, 3.8) is 0 Å². The number of nitrogens with two attached hydrogens (primary N) is 2. The van der Waals surface area contributed by atoms with Gasteiger partial charge in [-0.05, 0) is 60.9 Å². The van der Waals surface area contributed by atoms with Gasteiger partial charge in [0.2, 0.25) is 35.4 Å². The van der Waals surface area contributed by atoms with Crippen molar-refractivity contribution in [1.29, 1.82) is 0 Å². The molecule has 0 aliphatic heterocycles. The topological polar surface area (TPSA) is 264 Å². The summed E-state index contributed by atoms with van der Waals surface area (Å²) in [5, 5.41) is 23.1. The lowest BCUT2D eigenvalue weighted by Gasteiger charge is -2.23. The van der Waals surface area contributed by atoms with Gasteiger partial charge < -0.3 is 48.5 Å². The van der Waals surface area contributed by atoms with Gasteiger partial charge in [0.05, 0.1) is 6.04 Å². The third-order valence-electron chi connectivity index (χ3n) is 5.80. The highest BCUT2D eigenvalue weighted by Crippen LogP contribution is 1.99. The summed E-state index contributed by atoms with van der Waals surface area (Å²) in [6.45, 7) is 8.64. The largest absolute Gasteiger partial charge is 0.480 e. The summed E-state index contributed by atoms with van der Waals surface area (Å²) in [5.74, 6) is -5.23. The van der Waals surface area contributed by atoms with Crippen molar-refractivity contribution in [3.8, 4) is 0 Å². The van der Waals surface area contributed by atoms with E-state index in [0.29, 0.717) is 19.4 Å².